The van der Waals surface area contributed by atoms with Crippen LogP contribution in [0.3, 0.4) is 0 Å². The molecule has 0 aliphatic heterocycles. The first kappa shape index (κ1) is 17.3. The van der Waals surface area contributed by atoms with E-state index in [-0.39, 0.29) is 17.9 Å². The second-order valence-corrected chi connectivity index (χ2v) is 6.54. The van der Waals surface area contributed by atoms with Crippen molar-refractivity contribution in [3.63, 3.8) is 0 Å². The van der Waals surface area contributed by atoms with Crippen LogP contribution in [0.4, 0.5) is 14.5 Å². The molecule has 0 aliphatic rings. The summed E-state index contributed by atoms with van der Waals surface area (Å²) < 4.78 is 32.8. The molecule has 0 saturated carbocycles. The van der Waals surface area contributed by atoms with Gasteiger partial charge in [0.15, 0.2) is 6.61 Å². The summed E-state index contributed by atoms with van der Waals surface area (Å²) in [6.07, 6.45) is -0.287. The highest BCUT2D eigenvalue weighted by Gasteiger charge is 2.35. The van der Waals surface area contributed by atoms with Crippen LogP contribution in [0.25, 0.3) is 0 Å². The molecule has 1 aromatic carbocycles. The Kier molecular flexibility index (Phi) is 4.91. The summed E-state index contributed by atoms with van der Waals surface area (Å²) >= 11 is 0. The van der Waals surface area contributed by atoms with Gasteiger partial charge in [-0.3, -0.25) is 10.1 Å². The molecule has 4 nitrogen and oxygen atoms in total. The van der Waals surface area contributed by atoms with Crippen molar-refractivity contribution in [1.82, 2.24) is 0 Å². The van der Waals surface area contributed by atoms with Gasteiger partial charge in [0.25, 0.3) is 11.6 Å². The number of alkyl halides is 2. The Morgan fingerprint density at radius 1 is 1.19 bits per heavy atom. The van der Waals surface area contributed by atoms with Crippen molar-refractivity contribution < 1.29 is 18.4 Å². The van der Waals surface area contributed by atoms with Crippen LogP contribution >= 0.6 is 0 Å². The van der Waals surface area contributed by atoms with Crippen LogP contribution in [0.2, 0.25) is 0 Å². The molecular formula is C15H21F2NO3. The summed E-state index contributed by atoms with van der Waals surface area (Å²) in [6.45, 7) is 7.64. The van der Waals surface area contributed by atoms with Crippen LogP contribution in [-0.2, 0) is 0 Å². The van der Waals surface area contributed by atoms with Gasteiger partial charge in [-0.2, -0.15) is 0 Å². The second-order valence-electron chi connectivity index (χ2n) is 6.54. The average molecular weight is 301 g/mol. The smallest absolute Gasteiger partial charge is 0.281 e. The summed E-state index contributed by atoms with van der Waals surface area (Å²) in [5.74, 6) is -2.69. The number of nitrogens with zero attached hydrogens (tertiary/aromatic N) is 1. The minimum atomic E-state index is -2.94. The van der Waals surface area contributed by atoms with E-state index < -0.39 is 22.9 Å². The number of rotatable bonds is 5. The highest BCUT2D eigenvalue weighted by molar-refractivity contribution is 5.49. The fourth-order valence-corrected chi connectivity index (χ4v) is 2.14. The molecule has 0 heterocycles. The van der Waals surface area contributed by atoms with Gasteiger partial charge in [-0.1, -0.05) is 20.8 Å². The molecule has 0 aliphatic carbocycles. The van der Waals surface area contributed by atoms with E-state index in [0.29, 0.717) is 11.1 Å². The Morgan fingerprint density at radius 3 is 2.24 bits per heavy atom. The number of benzene rings is 1. The Balaban J connectivity index is 2.85. The number of hydrogen-bond acceptors (Lipinski definition) is 3. The van der Waals surface area contributed by atoms with E-state index in [0.717, 1.165) is 0 Å². The van der Waals surface area contributed by atoms with Gasteiger partial charge >= 0.3 is 0 Å². The molecule has 1 aromatic rings. The molecule has 0 radical (unpaired) electrons. The van der Waals surface area contributed by atoms with Crippen molar-refractivity contribution in [2.75, 3.05) is 6.61 Å². The highest BCUT2D eigenvalue weighted by Crippen LogP contribution is 2.33. The van der Waals surface area contributed by atoms with Gasteiger partial charge < -0.3 is 4.74 Å². The lowest BCUT2D eigenvalue weighted by Crippen LogP contribution is -2.31. The number of aryl methyl sites for hydroxylation is 2. The number of nitro groups is 1. The summed E-state index contributed by atoms with van der Waals surface area (Å²) in [4.78, 5) is 10.3. The molecule has 1 rings (SSSR count). The van der Waals surface area contributed by atoms with Crippen molar-refractivity contribution in [3.8, 4) is 5.75 Å². The molecule has 0 fully saturated rings. The van der Waals surface area contributed by atoms with Gasteiger partial charge in [0.05, 0.1) is 4.92 Å². The fraction of sp³-hybridized carbons (Fsp3) is 0.600. The van der Waals surface area contributed by atoms with Crippen LogP contribution in [0.5, 0.6) is 5.75 Å². The minimum absolute atomic E-state index is 0.0405. The highest BCUT2D eigenvalue weighted by atomic mass is 19.3. The summed E-state index contributed by atoms with van der Waals surface area (Å²) in [5, 5.41) is 10.8. The first-order valence-corrected chi connectivity index (χ1v) is 6.67. The van der Waals surface area contributed by atoms with Gasteiger partial charge in [0.2, 0.25) is 0 Å². The second kappa shape index (κ2) is 5.95. The lowest BCUT2D eigenvalue weighted by atomic mass is 9.89. The Bertz CT molecular complexity index is 536. The zero-order valence-electron chi connectivity index (χ0n) is 13.0. The predicted octanol–water partition coefficient (Wildman–Crippen LogP) is 4.66. The standard InChI is InChI=1S/C15H21F2NO3/c1-10-7-13(11(2)6-12(10)18(19)20)21-9-15(16,17)8-14(3,4)5/h6-7H,8-9H2,1-5H3. The zero-order valence-corrected chi connectivity index (χ0v) is 13.0. The fourth-order valence-electron chi connectivity index (χ4n) is 2.14. The van der Waals surface area contributed by atoms with Gasteiger partial charge in [0.1, 0.15) is 5.75 Å². The van der Waals surface area contributed by atoms with Crippen molar-refractivity contribution in [2.24, 2.45) is 5.41 Å². The monoisotopic (exact) mass is 301 g/mol. The molecular weight excluding hydrogens is 280 g/mol. The summed E-state index contributed by atoms with van der Waals surface area (Å²) in [5.41, 5.74) is 0.313. The third-order valence-electron chi connectivity index (χ3n) is 2.92. The Labute approximate surface area is 123 Å². The Hall–Kier alpha value is -1.72. The van der Waals surface area contributed by atoms with Gasteiger partial charge in [-0.15, -0.1) is 0 Å². The van der Waals surface area contributed by atoms with Crippen molar-refractivity contribution >= 4 is 5.69 Å². The van der Waals surface area contributed by atoms with Crippen LogP contribution in [0.1, 0.15) is 38.3 Å². The molecule has 0 unspecified atom stereocenters. The van der Waals surface area contributed by atoms with E-state index >= 15 is 0 Å². The topological polar surface area (TPSA) is 52.4 Å². The normalized spacial score (nSPS) is 12.3. The van der Waals surface area contributed by atoms with Gasteiger partial charge in [0, 0.05) is 18.1 Å². The lowest BCUT2D eigenvalue weighted by Gasteiger charge is -2.26. The zero-order chi connectivity index (χ0) is 16.4. The average Bonchev–Trinajstić information content (AvgIpc) is 2.26. The maximum absolute atomic E-state index is 13.8. The van der Waals surface area contributed by atoms with Crippen LogP contribution in [0, 0.1) is 29.4 Å². The molecule has 21 heavy (non-hydrogen) atoms. The quantitative estimate of drug-likeness (QED) is 0.587. The molecule has 6 heteroatoms. The Morgan fingerprint density at radius 2 is 1.76 bits per heavy atom. The molecule has 0 spiro atoms. The summed E-state index contributed by atoms with van der Waals surface area (Å²) in [6, 6.07) is 2.77. The van der Waals surface area contributed by atoms with E-state index in [1.54, 1.807) is 34.6 Å². The molecule has 0 N–H and O–H groups in total. The van der Waals surface area contributed by atoms with Crippen molar-refractivity contribution in [2.45, 2.75) is 47.0 Å². The lowest BCUT2D eigenvalue weighted by molar-refractivity contribution is -0.385. The van der Waals surface area contributed by atoms with E-state index in [1.165, 1.54) is 12.1 Å². The van der Waals surface area contributed by atoms with Crippen LogP contribution < -0.4 is 4.74 Å². The first-order valence-electron chi connectivity index (χ1n) is 6.67. The van der Waals surface area contributed by atoms with Crippen molar-refractivity contribution in [1.29, 1.82) is 0 Å². The third kappa shape index (κ3) is 5.28. The van der Waals surface area contributed by atoms with Crippen molar-refractivity contribution in [3.05, 3.63) is 33.4 Å². The molecule has 0 amide bonds. The van der Waals surface area contributed by atoms with Gasteiger partial charge in [-0.05, 0) is 30.9 Å². The minimum Gasteiger partial charge on any atom is -0.487 e. The van der Waals surface area contributed by atoms with Crippen LogP contribution in [0.15, 0.2) is 12.1 Å². The third-order valence-corrected chi connectivity index (χ3v) is 2.92. The maximum Gasteiger partial charge on any atom is 0.281 e. The molecule has 0 bridgehead atoms. The number of halogens is 2. The molecule has 0 aromatic heterocycles. The number of ether oxygens (including phenoxy) is 1. The van der Waals surface area contributed by atoms with E-state index in [4.69, 9.17) is 4.74 Å². The molecule has 118 valence electrons. The van der Waals surface area contributed by atoms with Crippen LogP contribution in [-0.4, -0.2) is 17.5 Å². The molecule has 0 atom stereocenters. The largest absolute Gasteiger partial charge is 0.487 e. The maximum atomic E-state index is 13.8. The first-order chi connectivity index (χ1) is 9.41. The van der Waals surface area contributed by atoms with Gasteiger partial charge in [-0.25, -0.2) is 8.78 Å². The van der Waals surface area contributed by atoms with E-state index in [2.05, 4.69) is 0 Å². The number of hydrogen-bond donors (Lipinski definition) is 0. The SMILES string of the molecule is Cc1cc([N+](=O)[O-])c(C)cc1OCC(F)(F)CC(C)(C)C. The van der Waals surface area contributed by atoms with E-state index in [9.17, 15) is 18.9 Å². The summed E-state index contributed by atoms with van der Waals surface area (Å²) in [7, 11) is 0. The predicted molar refractivity (Wildman–Crippen MR) is 77.1 cm³/mol. The number of nitro benzene ring substituents is 1. The van der Waals surface area contributed by atoms with E-state index in [1.807, 2.05) is 0 Å². The molecule has 0 saturated heterocycles.